The first-order valence-electron chi connectivity index (χ1n) is 6.53. The van der Waals surface area contributed by atoms with Crippen LogP contribution < -0.4 is 10.2 Å². The number of rotatable bonds is 7. The Hall–Kier alpha value is -1.92. The Kier molecular flexibility index (Phi) is 5.47. The Morgan fingerprint density at radius 1 is 1.47 bits per heavy atom. The third kappa shape index (κ3) is 3.77. The molecule has 1 aromatic heterocycles. The molecule has 0 bridgehead atoms. The van der Waals surface area contributed by atoms with Crippen LogP contribution in [-0.4, -0.2) is 34.0 Å². The maximum Gasteiger partial charge on any atom is 0.329 e. The summed E-state index contributed by atoms with van der Waals surface area (Å²) in [5.41, 5.74) is -0.0520. The maximum atomic E-state index is 11.1. The molecule has 0 aliphatic rings. The largest absolute Gasteiger partial charge is 0.354 e. The molecule has 0 unspecified atom stereocenters. The summed E-state index contributed by atoms with van der Waals surface area (Å²) in [5, 5.41) is 14.1. The van der Waals surface area contributed by atoms with Gasteiger partial charge in [0, 0.05) is 19.1 Å². The molecule has 0 atom stereocenters. The Balaban J connectivity index is 3.24. The SMILES string of the molecule is CCCN(c1nc(NCC)ncc1[N+](=O)[O-])C(C)C. The first kappa shape index (κ1) is 15.1. The van der Waals surface area contributed by atoms with Crippen molar-refractivity contribution in [2.75, 3.05) is 23.3 Å². The zero-order chi connectivity index (χ0) is 14.4. The van der Waals surface area contributed by atoms with Gasteiger partial charge in [-0.2, -0.15) is 4.98 Å². The third-order valence-corrected chi connectivity index (χ3v) is 2.64. The van der Waals surface area contributed by atoms with Gasteiger partial charge in [0.15, 0.2) is 0 Å². The van der Waals surface area contributed by atoms with Crippen LogP contribution in [0.1, 0.15) is 34.1 Å². The highest BCUT2D eigenvalue weighted by Gasteiger charge is 2.24. The Bertz CT molecular complexity index is 436. The van der Waals surface area contributed by atoms with Crippen LogP contribution in [0.15, 0.2) is 6.20 Å². The van der Waals surface area contributed by atoms with Gasteiger partial charge in [-0.3, -0.25) is 10.1 Å². The first-order chi connectivity index (χ1) is 9.01. The van der Waals surface area contributed by atoms with Gasteiger partial charge in [-0.1, -0.05) is 6.92 Å². The van der Waals surface area contributed by atoms with Gasteiger partial charge in [0.25, 0.3) is 0 Å². The summed E-state index contributed by atoms with van der Waals surface area (Å²) in [4.78, 5) is 20.8. The average molecular weight is 267 g/mol. The van der Waals surface area contributed by atoms with Crippen LogP contribution in [0.25, 0.3) is 0 Å². The van der Waals surface area contributed by atoms with E-state index in [-0.39, 0.29) is 11.7 Å². The number of hydrogen-bond acceptors (Lipinski definition) is 6. The topological polar surface area (TPSA) is 84.2 Å². The van der Waals surface area contributed by atoms with Crippen molar-refractivity contribution in [3.63, 3.8) is 0 Å². The molecule has 1 heterocycles. The standard InChI is InChI=1S/C12H21N5O2/c1-5-7-16(9(3)4)11-10(17(18)19)8-14-12(15-11)13-6-2/h8-9H,5-7H2,1-4H3,(H,13,14,15). The van der Waals surface area contributed by atoms with Crippen molar-refractivity contribution in [2.45, 2.75) is 40.2 Å². The molecule has 0 amide bonds. The predicted octanol–water partition coefficient (Wildman–Crippen LogP) is 2.44. The Morgan fingerprint density at radius 2 is 2.16 bits per heavy atom. The number of nitrogens with zero attached hydrogens (tertiary/aromatic N) is 4. The second kappa shape index (κ2) is 6.86. The van der Waals surface area contributed by atoms with Gasteiger partial charge in [-0.15, -0.1) is 0 Å². The fourth-order valence-electron chi connectivity index (χ4n) is 1.80. The summed E-state index contributed by atoms with van der Waals surface area (Å²) >= 11 is 0. The van der Waals surface area contributed by atoms with Crippen LogP contribution in [-0.2, 0) is 0 Å². The fourth-order valence-corrected chi connectivity index (χ4v) is 1.80. The molecule has 1 rings (SSSR count). The van der Waals surface area contributed by atoms with Gasteiger partial charge in [0.1, 0.15) is 6.20 Å². The summed E-state index contributed by atoms with van der Waals surface area (Å²) in [7, 11) is 0. The van der Waals surface area contributed by atoms with Crippen LogP contribution in [0, 0.1) is 10.1 Å². The highest BCUT2D eigenvalue weighted by molar-refractivity contribution is 5.59. The minimum absolute atomic E-state index is 0.0520. The van der Waals surface area contributed by atoms with E-state index in [4.69, 9.17) is 0 Å². The normalized spacial score (nSPS) is 10.6. The summed E-state index contributed by atoms with van der Waals surface area (Å²) in [6, 6.07) is 0.142. The molecule has 1 aromatic rings. The molecule has 0 spiro atoms. The van der Waals surface area contributed by atoms with Crippen LogP contribution in [0.2, 0.25) is 0 Å². The second-order valence-electron chi connectivity index (χ2n) is 4.48. The number of nitrogens with one attached hydrogen (secondary N) is 1. The fraction of sp³-hybridized carbons (Fsp3) is 0.667. The lowest BCUT2D eigenvalue weighted by Crippen LogP contribution is -2.33. The third-order valence-electron chi connectivity index (χ3n) is 2.64. The van der Waals surface area contributed by atoms with E-state index in [1.165, 1.54) is 6.20 Å². The molecule has 106 valence electrons. The molecule has 7 heteroatoms. The van der Waals surface area contributed by atoms with Crippen LogP contribution in [0.5, 0.6) is 0 Å². The molecule has 0 fully saturated rings. The summed E-state index contributed by atoms with van der Waals surface area (Å²) in [5.74, 6) is 0.803. The van der Waals surface area contributed by atoms with Crippen LogP contribution in [0.4, 0.5) is 17.5 Å². The molecule has 7 nitrogen and oxygen atoms in total. The van der Waals surface area contributed by atoms with Crippen molar-refractivity contribution in [1.82, 2.24) is 9.97 Å². The molecule has 1 N–H and O–H groups in total. The predicted molar refractivity (Wildman–Crippen MR) is 75.6 cm³/mol. The van der Waals surface area contributed by atoms with E-state index in [0.717, 1.165) is 13.0 Å². The lowest BCUT2D eigenvalue weighted by molar-refractivity contribution is -0.384. The number of aromatic nitrogens is 2. The lowest BCUT2D eigenvalue weighted by Gasteiger charge is -2.27. The van der Waals surface area contributed by atoms with Gasteiger partial charge < -0.3 is 10.2 Å². The lowest BCUT2D eigenvalue weighted by atomic mass is 10.2. The van der Waals surface area contributed by atoms with E-state index in [2.05, 4.69) is 15.3 Å². The molecule has 0 saturated heterocycles. The molecule has 0 aliphatic carbocycles. The molecule has 0 radical (unpaired) electrons. The van der Waals surface area contributed by atoms with Crippen molar-refractivity contribution < 1.29 is 4.92 Å². The molecule has 0 saturated carbocycles. The van der Waals surface area contributed by atoms with Crippen molar-refractivity contribution >= 4 is 17.5 Å². The quantitative estimate of drug-likeness (QED) is 0.603. The molecule has 19 heavy (non-hydrogen) atoms. The van der Waals surface area contributed by atoms with Crippen molar-refractivity contribution in [2.24, 2.45) is 0 Å². The summed E-state index contributed by atoms with van der Waals surface area (Å²) in [6.07, 6.45) is 2.17. The van der Waals surface area contributed by atoms with Crippen molar-refractivity contribution in [3.05, 3.63) is 16.3 Å². The van der Waals surface area contributed by atoms with E-state index in [9.17, 15) is 10.1 Å². The minimum atomic E-state index is -0.434. The van der Waals surface area contributed by atoms with Crippen molar-refractivity contribution in [1.29, 1.82) is 0 Å². The number of nitro groups is 1. The Morgan fingerprint density at radius 3 is 2.63 bits per heavy atom. The highest BCUT2D eigenvalue weighted by Crippen LogP contribution is 2.27. The van der Waals surface area contributed by atoms with Gasteiger partial charge in [0.2, 0.25) is 11.8 Å². The summed E-state index contributed by atoms with van der Waals surface area (Å²) < 4.78 is 0. The molecular formula is C12H21N5O2. The van der Waals surface area contributed by atoms with Gasteiger partial charge in [0.05, 0.1) is 4.92 Å². The Labute approximate surface area is 113 Å². The average Bonchev–Trinajstić information content (AvgIpc) is 2.35. The van der Waals surface area contributed by atoms with E-state index >= 15 is 0 Å². The van der Waals surface area contributed by atoms with Crippen LogP contribution >= 0.6 is 0 Å². The zero-order valence-corrected chi connectivity index (χ0v) is 11.9. The molecule has 0 aromatic carbocycles. The minimum Gasteiger partial charge on any atom is -0.354 e. The van der Waals surface area contributed by atoms with Gasteiger partial charge in [-0.25, -0.2) is 4.98 Å². The second-order valence-corrected chi connectivity index (χ2v) is 4.48. The number of hydrogen-bond donors (Lipinski definition) is 1. The van der Waals surface area contributed by atoms with E-state index in [0.29, 0.717) is 18.3 Å². The zero-order valence-electron chi connectivity index (χ0n) is 11.9. The van der Waals surface area contributed by atoms with Crippen molar-refractivity contribution in [3.8, 4) is 0 Å². The smallest absolute Gasteiger partial charge is 0.329 e. The monoisotopic (exact) mass is 267 g/mol. The van der Waals surface area contributed by atoms with Crippen LogP contribution in [0.3, 0.4) is 0 Å². The molecule has 0 aliphatic heterocycles. The summed E-state index contributed by atoms with van der Waals surface area (Å²) in [6.45, 7) is 9.35. The van der Waals surface area contributed by atoms with Gasteiger partial charge in [-0.05, 0) is 27.2 Å². The number of anilines is 2. The highest BCUT2D eigenvalue weighted by atomic mass is 16.6. The van der Waals surface area contributed by atoms with E-state index in [1.807, 2.05) is 32.6 Å². The van der Waals surface area contributed by atoms with E-state index in [1.54, 1.807) is 0 Å². The maximum absolute atomic E-state index is 11.1. The van der Waals surface area contributed by atoms with E-state index < -0.39 is 4.92 Å². The first-order valence-corrected chi connectivity index (χ1v) is 6.53. The van der Waals surface area contributed by atoms with Gasteiger partial charge >= 0.3 is 5.69 Å². The molecular weight excluding hydrogens is 246 g/mol.